The van der Waals surface area contributed by atoms with Gasteiger partial charge in [-0.2, -0.15) is 0 Å². The van der Waals surface area contributed by atoms with Crippen LogP contribution in [0.2, 0.25) is 0 Å². The summed E-state index contributed by atoms with van der Waals surface area (Å²) in [5, 5.41) is 0. The summed E-state index contributed by atoms with van der Waals surface area (Å²) in [7, 11) is 0. The normalized spacial score (nSPS) is 17.7. The SMILES string of the molecule is C=CN1C(=[N+](CC)CC)C1C(=C)C(=O)OCC. The van der Waals surface area contributed by atoms with Gasteiger partial charge < -0.3 is 4.74 Å². The van der Waals surface area contributed by atoms with Crippen LogP contribution in [0.5, 0.6) is 0 Å². The van der Waals surface area contributed by atoms with E-state index in [1.54, 1.807) is 13.1 Å². The Morgan fingerprint density at radius 2 is 2.06 bits per heavy atom. The van der Waals surface area contributed by atoms with Crippen LogP contribution in [-0.4, -0.2) is 47.0 Å². The summed E-state index contributed by atoms with van der Waals surface area (Å²) in [4.78, 5) is 13.6. The molecule has 0 aliphatic carbocycles. The maximum Gasteiger partial charge on any atom is 0.338 e. The Bertz CT molecular complexity index is 366. The zero-order valence-electron chi connectivity index (χ0n) is 10.9. The number of nitrogens with zero attached hydrogens (tertiary/aromatic N) is 2. The molecule has 1 aliphatic rings. The van der Waals surface area contributed by atoms with E-state index < -0.39 is 0 Å². The van der Waals surface area contributed by atoms with Gasteiger partial charge >= 0.3 is 11.8 Å². The van der Waals surface area contributed by atoms with Crippen LogP contribution in [0.3, 0.4) is 0 Å². The first-order valence-corrected chi connectivity index (χ1v) is 6.00. The number of hydrogen-bond donors (Lipinski definition) is 0. The van der Waals surface area contributed by atoms with Gasteiger partial charge in [0.15, 0.2) is 0 Å². The summed E-state index contributed by atoms with van der Waals surface area (Å²) in [6.45, 7) is 15.7. The molecule has 1 fully saturated rings. The lowest BCUT2D eigenvalue weighted by Gasteiger charge is -1.99. The van der Waals surface area contributed by atoms with Crippen LogP contribution in [0.1, 0.15) is 20.8 Å². The third kappa shape index (κ3) is 2.57. The van der Waals surface area contributed by atoms with Crippen molar-refractivity contribution >= 4 is 11.8 Å². The molecular weight excluding hydrogens is 216 g/mol. The molecule has 0 amide bonds. The van der Waals surface area contributed by atoms with Crippen molar-refractivity contribution in [3.8, 4) is 0 Å². The van der Waals surface area contributed by atoms with Crippen LogP contribution in [0.25, 0.3) is 0 Å². The van der Waals surface area contributed by atoms with E-state index in [-0.39, 0.29) is 12.0 Å². The molecule has 1 aliphatic heterocycles. The van der Waals surface area contributed by atoms with Crippen LogP contribution in [0, 0.1) is 0 Å². The first-order valence-electron chi connectivity index (χ1n) is 6.00. The van der Waals surface area contributed by atoms with Crippen LogP contribution >= 0.6 is 0 Å². The first-order chi connectivity index (χ1) is 8.12. The van der Waals surface area contributed by atoms with Crippen LogP contribution in [0.4, 0.5) is 0 Å². The van der Waals surface area contributed by atoms with Crippen molar-refractivity contribution in [1.29, 1.82) is 0 Å². The van der Waals surface area contributed by atoms with Crippen LogP contribution < -0.4 is 0 Å². The second-order valence-corrected chi connectivity index (χ2v) is 3.77. The number of carbonyl (C=O) groups is 1. The molecule has 1 heterocycles. The summed E-state index contributed by atoms with van der Waals surface area (Å²) in [5.74, 6) is 0.759. The van der Waals surface area contributed by atoms with E-state index in [1.807, 2.05) is 4.90 Å². The standard InChI is InChI=1S/C13H21N2O2/c1-6-14(7-2)12-11(15(12)8-3)10(5)13(16)17-9-4/h8,11H,3,5-7,9H2,1-2,4H3/q+1. The minimum absolute atomic E-state index is 0.0635. The zero-order valence-corrected chi connectivity index (χ0v) is 10.9. The molecule has 94 valence electrons. The van der Waals surface area contributed by atoms with Gasteiger partial charge in [0.1, 0.15) is 0 Å². The van der Waals surface area contributed by atoms with E-state index in [0.29, 0.717) is 12.2 Å². The van der Waals surface area contributed by atoms with Crippen molar-refractivity contribution < 1.29 is 14.1 Å². The van der Waals surface area contributed by atoms with Gasteiger partial charge in [-0.05, 0) is 20.8 Å². The molecule has 0 N–H and O–H groups in total. The summed E-state index contributed by atoms with van der Waals surface area (Å²) < 4.78 is 7.15. The molecule has 0 spiro atoms. The number of amidine groups is 1. The van der Waals surface area contributed by atoms with E-state index in [1.165, 1.54) is 0 Å². The molecule has 0 saturated carbocycles. The molecule has 1 atom stereocenters. The summed E-state index contributed by atoms with van der Waals surface area (Å²) >= 11 is 0. The lowest BCUT2D eigenvalue weighted by Crippen LogP contribution is -2.17. The molecular formula is C13H21N2O2+. The van der Waals surface area contributed by atoms with E-state index in [4.69, 9.17) is 4.74 Å². The predicted molar refractivity (Wildman–Crippen MR) is 67.9 cm³/mol. The molecule has 1 unspecified atom stereocenters. The minimum atomic E-state index is -0.327. The van der Waals surface area contributed by atoms with Gasteiger partial charge in [0.05, 0.1) is 31.5 Å². The molecule has 1 rings (SSSR count). The van der Waals surface area contributed by atoms with Crippen molar-refractivity contribution in [2.45, 2.75) is 26.8 Å². The Morgan fingerprint density at radius 3 is 2.47 bits per heavy atom. The van der Waals surface area contributed by atoms with E-state index in [9.17, 15) is 4.79 Å². The van der Waals surface area contributed by atoms with Gasteiger partial charge in [0.25, 0.3) is 0 Å². The Morgan fingerprint density at radius 1 is 1.47 bits per heavy atom. The van der Waals surface area contributed by atoms with E-state index in [0.717, 1.165) is 18.9 Å². The summed E-state index contributed by atoms with van der Waals surface area (Å²) in [6.07, 6.45) is 1.72. The first kappa shape index (κ1) is 13.5. The maximum absolute atomic E-state index is 11.6. The Balaban J connectivity index is 2.86. The monoisotopic (exact) mass is 237 g/mol. The molecule has 0 aromatic heterocycles. The number of ether oxygens (including phenoxy) is 1. The highest BCUT2D eigenvalue weighted by Gasteiger charge is 2.57. The highest BCUT2D eigenvalue weighted by atomic mass is 16.5. The molecule has 4 nitrogen and oxygen atoms in total. The fourth-order valence-electron chi connectivity index (χ4n) is 1.94. The van der Waals surface area contributed by atoms with Crippen molar-refractivity contribution in [3.05, 3.63) is 24.9 Å². The third-order valence-corrected chi connectivity index (χ3v) is 2.87. The van der Waals surface area contributed by atoms with Crippen molar-refractivity contribution in [2.24, 2.45) is 0 Å². The smallest absolute Gasteiger partial charge is 0.338 e. The Labute approximate surface area is 103 Å². The Hall–Kier alpha value is -1.58. The molecule has 0 aromatic carbocycles. The van der Waals surface area contributed by atoms with Crippen LogP contribution in [0.15, 0.2) is 24.9 Å². The fourth-order valence-corrected chi connectivity index (χ4v) is 1.94. The molecule has 0 radical (unpaired) electrons. The number of carbonyl (C=O) groups excluding carboxylic acids is 1. The fraction of sp³-hybridized carbons (Fsp3) is 0.538. The number of rotatable bonds is 6. The van der Waals surface area contributed by atoms with Gasteiger partial charge in [-0.1, -0.05) is 13.2 Å². The quantitative estimate of drug-likeness (QED) is 0.303. The van der Waals surface area contributed by atoms with Gasteiger partial charge in [0.2, 0.25) is 6.04 Å². The van der Waals surface area contributed by atoms with E-state index >= 15 is 0 Å². The second-order valence-electron chi connectivity index (χ2n) is 3.77. The van der Waals surface area contributed by atoms with Gasteiger partial charge in [0, 0.05) is 0 Å². The molecule has 17 heavy (non-hydrogen) atoms. The van der Waals surface area contributed by atoms with Crippen molar-refractivity contribution in [1.82, 2.24) is 4.90 Å². The Kier molecular flexibility index (Phi) is 4.49. The number of hydrogen-bond acceptors (Lipinski definition) is 2. The van der Waals surface area contributed by atoms with E-state index in [2.05, 4.69) is 31.6 Å². The second kappa shape index (κ2) is 5.66. The topological polar surface area (TPSA) is 32.3 Å². The van der Waals surface area contributed by atoms with Crippen molar-refractivity contribution in [3.63, 3.8) is 0 Å². The average molecular weight is 237 g/mol. The lowest BCUT2D eigenvalue weighted by atomic mass is 10.2. The van der Waals surface area contributed by atoms with Gasteiger partial charge in [-0.25, -0.2) is 9.69 Å². The predicted octanol–water partition coefficient (Wildman–Crippen LogP) is 1.38. The summed E-state index contributed by atoms with van der Waals surface area (Å²) in [6, 6.07) is -0.0635. The largest absolute Gasteiger partial charge is 0.463 e. The molecule has 0 bridgehead atoms. The average Bonchev–Trinajstić information content (AvgIpc) is 3.04. The maximum atomic E-state index is 11.6. The summed E-state index contributed by atoms with van der Waals surface area (Å²) in [5.41, 5.74) is 0.480. The molecule has 4 heteroatoms. The number of esters is 1. The van der Waals surface area contributed by atoms with Crippen LogP contribution in [-0.2, 0) is 9.53 Å². The molecule has 1 saturated heterocycles. The highest BCUT2D eigenvalue weighted by Crippen LogP contribution is 2.28. The molecule has 0 aromatic rings. The highest BCUT2D eigenvalue weighted by molar-refractivity contribution is 6.09. The van der Waals surface area contributed by atoms with Gasteiger partial charge in [-0.3, -0.25) is 4.58 Å². The zero-order chi connectivity index (χ0) is 13.0. The minimum Gasteiger partial charge on any atom is -0.463 e. The van der Waals surface area contributed by atoms with Gasteiger partial charge in [-0.15, -0.1) is 0 Å². The third-order valence-electron chi connectivity index (χ3n) is 2.87. The lowest BCUT2D eigenvalue weighted by molar-refractivity contribution is -0.520. The van der Waals surface area contributed by atoms with Crippen molar-refractivity contribution in [2.75, 3.05) is 19.7 Å².